The van der Waals surface area contributed by atoms with Gasteiger partial charge < -0.3 is 9.47 Å². The number of methoxy groups -OCH3 is 2. The molecule has 0 aliphatic carbocycles. The first-order valence-corrected chi connectivity index (χ1v) is 10.3. The molecule has 0 fully saturated rings. The van der Waals surface area contributed by atoms with E-state index >= 15 is 0 Å². The minimum absolute atomic E-state index is 0.361. The normalized spacial score (nSPS) is 10.8. The first kappa shape index (κ1) is 21.3. The van der Waals surface area contributed by atoms with Crippen LogP contribution in [0.3, 0.4) is 0 Å². The third-order valence-corrected chi connectivity index (χ3v) is 5.09. The Morgan fingerprint density at radius 1 is 0.781 bits per heavy atom. The van der Waals surface area contributed by atoms with E-state index in [9.17, 15) is 0 Å². The van der Waals surface area contributed by atoms with E-state index in [4.69, 9.17) is 21.1 Å². The van der Waals surface area contributed by atoms with Gasteiger partial charge in [0.05, 0.1) is 31.8 Å². The number of halogens is 1. The van der Waals surface area contributed by atoms with Gasteiger partial charge in [-0.25, -0.2) is 15.4 Å². The largest absolute Gasteiger partial charge is 0.493 e. The van der Waals surface area contributed by atoms with Crippen LogP contribution in [0.25, 0.3) is 22.5 Å². The standard InChI is InChI=1S/C25H21ClN4O2/c1-31-23-13-12-18(14-24(23)32-2)22-15-21(17-8-4-3-5-9-17)28-25(29-22)30-27-16-19-10-6-7-11-20(19)26/h3-16H,1-2H3,(H,28,29,30). The predicted octanol–water partition coefficient (Wildman–Crippen LogP) is 5.93. The first-order chi connectivity index (χ1) is 15.7. The van der Waals surface area contributed by atoms with Gasteiger partial charge in [-0.2, -0.15) is 5.10 Å². The Morgan fingerprint density at radius 3 is 2.19 bits per heavy atom. The smallest absolute Gasteiger partial charge is 0.244 e. The van der Waals surface area contributed by atoms with Gasteiger partial charge in [-0.1, -0.05) is 60.1 Å². The van der Waals surface area contributed by atoms with Gasteiger partial charge in [-0.3, -0.25) is 0 Å². The van der Waals surface area contributed by atoms with Crippen LogP contribution in [0.5, 0.6) is 11.5 Å². The molecular weight excluding hydrogens is 424 g/mol. The van der Waals surface area contributed by atoms with Crippen LogP contribution in [0.1, 0.15) is 5.56 Å². The molecule has 1 aromatic heterocycles. The van der Waals surface area contributed by atoms with Crippen LogP contribution in [0, 0.1) is 0 Å². The number of hydrogen-bond acceptors (Lipinski definition) is 6. The minimum Gasteiger partial charge on any atom is -0.493 e. The maximum atomic E-state index is 6.20. The molecule has 3 aromatic carbocycles. The molecule has 0 aliphatic rings. The van der Waals surface area contributed by atoms with Gasteiger partial charge in [0.25, 0.3) is 0 Å². The Bertz CT molecular complexity index is 1250. The van der Waals surface area contributed by atoms with Crippen LogP contribution in [0.15, 0.2) is 84.0 Å². The van der Waals surface area contributed by atoms with Crippen LogP contribution in [0.4, 0.5) is 5.95 Å². The first-order valence-electron chi connectivity index (χ1n) is 9.88. The Hall–Kier alpha value is -3.90. The van der Waals surface area contributed by atoms with Crippen molar-refractivity contribution in [1.29, 1.82) is 0 Å². The molecule has 1 heterocycles. The average molecular weight is 445 g/mol. The van der Waals surface area contributed by atoms with Gasteiger partial charge in [0.1, 0.15) is 0 Å². The second-order valence-corrected chi connectivity index (χ2v) is 7.20. The fraction of sp³-hybridized carbons (Fsp3) is 0.0800. The second-order valence-electron chi connectivity index (χ2n) is 6.79. The molecule has 7 heteroatoms. The number of benzene rings is 3. The lowest BCUT2D eigenvalue weighted by molar-refractivity contribution is 0.355. The molecule has 0 saturated heterocycles. The lowest BCUT2D eigenvalue weighted by Gasteiger charge is -2.11. The average Bonchev–Trinajstić information content (AvgIpc) is 2.85. The summed E-state index contributed by atoms with van der Waals surface area (Å²) >= 11 is 6.20. The van der Waals surface area contributed by atoms with E-state index in [0.717, 1.165) is 28.1 Å². The number of nitrogens with zero attached hydrogens (tertiary/aromatic N) is 3. The van der Waals surface area contributed by atoms with Crippen LogP contribution in [0.2, 0.25) is 5.02 Å². The summed E-state index contributed by atoms with van der Waals surface area (Å²) in [6.07, 6.45) is 1.64. The molecule has 0 aliphatic heterocycles. The van der Waals surface area contributed by atoms with Crippen molar-refractivity contribution in [2.75, 3.05) is 19.6 Å². The molecule has 0 saturated carbocycles. The lowest BCUT2D eigenvalue weighted by atomic mass is 10.1. The molecule has 0 atom stereocenters. The summed E-state index contributed by atoms with van der Waals surface area (Å²) in [5, 5.41) is 4.89. The van der Waals surface area contributed by atoms with E-state index in [2.05, 4.69) is 20.5 Å². The summed E-state index contributed by atoms with van der Waals surface area (Å²) in [5.41, 5.74) is 7.03. The highest BCUT2D eigenvalue weighted by molar-refractivity contribution is 6.33. The van der Waals surface area contributed by atoms with Crippen molar-refractivity contribution in [2.24, 2.45) is 5.10 Å². The fourth-order valence-electron chi connectivity index (χ4n) is 3.14. The summed E-state index contributed by atoms with van der Waals surface area (Å²) < 4.78 is 10.8. The van der Waals surface area contributed by atoms with E-state index in [0.29, 0.717) is 22.5 Å². The molecule has 1 N–H and O–H groups in total. The minimum atomic E-state index is 0.361. The number of hydrazone groups is 1. The molecule has 32 heavy (non-hydrogen) atoms. The van der Waals surface area contributed by atoms with E-state index in [1.807, 2.05) is 78.9 Å². The highest BCUT2D eigenvalue weighted by Crippen LogP contribution is 2.33. The molecule has 4 aromatic rings. The summed E-state index contributed by atoms with van der Waals surface area (Å²) in [5.74, 6) is 1.63. The number of nitrogens with one attached hydrogen (secondary N) is 1. The molecule has 0 bridgehead atoms. The summed E-state index contributed by atoms with van der Waals surface area (Å²) in [6.45, 7) is 0. The van der Waals surface area contributed by atoms with Crippen molar-refractivity contribution in [1.82, 2.24) is 9.97 Å². The highest BCUT2D eigenvalue weighted by atomic mass is 35.5. The van der Waals surface area contributed by atoms with Crippen molar-refractivity contribution in [2.45, 2.75) is 0 Å². The topological polar surface area (TPSA) is 68.6 Å². The lowest BCUT2D eigenvalue weighted by Crippen LogP contribution is -2.01. The monoisotopic (exact) mass is 444 g/mol. The Kier molecular flexibility index (Phi) is 6.63. The zero-order valence-corrected chi connectivity index (χ0v) is 18.4. The summed E-state index contributed by atoms with van der Waals surface area (Å²) in [6, 6.07) is 24.9. The van der Waals surface area contributed by atoms with Crippen LogP contribution < -0.4 is 14.9 Å². The summed E-state index contributed by atoms with van der Waals surface area (Å²) in [7, 11) is 3.21. The number of hydrogen-bond donors (Lipinski definition) is 1. The molecule has 4 rings (SSSR count). The van der Waals surface area contributed by atoms with E-state index in [1.54, 1.807) is 20.4 Å². The van der Waals surface area contributed by atoms with Gasteiger partial charge in [0.15, 0.2) is 11.5 Å². The van der Waals surface area contributed by atoms with Gasteiger partial charge >= 0.3 is 0 Å². The molecule has 160 valence electrons. The van der Waals surface area contributed by atoms with Crippen LogP contribution >= 0.6 is 11.6 Å². The van der Waals surface area contributed by atoms with Gasteiger partial charge in [0.2, 0.25) is 5.95 Å². The number of rotatable bonds is 7. The van der Waals surface area contributed by atoms with Crippen molar-refractivity contribution in [3.63, 3.8) is 0 Å². The quantitative estimate of drug-likeness (QED) is 0.283. The zero-order valence-electron chi connectivity index (χ0n) is 17.6. The van der Waals surface area contributed by atoms with E-state index < -0.39 is 0 Å². The van der Waals surface area contributed by atoms with E-state index in [-0.39, 0.29) is 0 Å². The zero-order chi connectivity index (χ0) is 22.3. The molecule has 6 nitrogen and oxygen atoms in total. The Balaban J connectivity index is 1.73. The molecule has 0 unspecified atom stereocenters. The predicted molar refractivity (Wildman–Crippen MR) is 129 cm³/mol. The Labute approximate surface area is 191 Å². The maximum absolute atomic E-state index is 6.20. The van der Waals surface area contributed by atoms with Crippen molar-refractivity contribution in [3.05, 3.63) is 89.4 Å². The molecule has 0 amide bonds. The van der Waals surface area contributed by atoms with Crippen molar-refractivity contribution < 1.29 is 9.47 Å². The third kappa shape index (κ3) is 4.87. The summed E-state index contributed by atoms with van der Waals surface area (Å²) in [4.78, 5) is 9.28. The SMILES string of the molecule is COc1ccc(-c2cc(-c3ccccc3)nc(NN=Cc3ccccc3Cl)n2)cc1OC. The van der Waals surface area contributed by atoms with Gasteiger partial charge in [0, 0.05) is 21.7 Å². The van der Waals surface area contributed by atoms with Crippen LogP contribution in [-0.4, -0.2) is 30.4 Å². The molecular formula is C25H21ClN4O2. The van der Waals surface area contributed by atoms with Crippen LogP contribution in [-0.2, 0) is 0 Å². The molecule has 0 spiro atoms. The van der Waals surface area contributed by atoms with Gasteiger partial charge in [-0.05, 0) is 30.3 Å². The Morgan fingerprint density at radius 2 is 1.47 bits per heavy atom. The third-order valence-electron chi connectivity index (χ3n) is 4.75. The maximum Gasteiger partial charge on any atom is 0.244 e. The molecule has 0 radical (unpaired) electrons. The van der Waals surface area contributed by atoms with Crippen molar-refractivity contribution in [3.8, 4) is 34.0 Å². The number of aromatic nitrogens is 2. The van der Waals surface area contributed by atoms with E-state index in [1.165, 1.54) is 0 Å². The van der Waals surface area contributed by atoms with Gasteiger partial charge in [-0.15, -0.1) is 0 Å². The second kappa shape index (κ2) is 9.94. The highest BCUT2D eigenvalue weighted by Gasteiger charge is 2.11. The number of ether oxygens (including phenoxy) is 2. The number of anilines is 1. The van der Waals surface area contributed by atoms with Crippen molar-refractivity contribution >= 4 is 23.8 Å². The fourth-order valence-corrected chi connectivity index (χ4v) is 3.32.